The van der Waals surface area contributed by atoms with Gasteiger partial charge in [0.15, 0.2) is 11.6 Å². The summed E-state index contributed by atoms with van der Waals surface area (Å²) in [5, 5.41) is 0. The van der Waals surface area contributed by atoms with Crippen molar-refractivity contribution in [2.45, 2.75) is 52.4 Å². The first-order valence-electron chi connectivity index (χ1n) is 10.9. The van der Waals surface area contributed by atoms with Gasteiger partial charge in [0.1, 0.15) is 5.75 Å². The van der Waals surface area contributed by atoms with Crippen molar-refractivity contribution < 1.29 is 13.5 Å². The Morgan fingerprint density at radius 3 is 1.70 bits per heavy atom. The van der Waals surface area contributed by atoms with Crippen LogP contribution in [0.3, 0.4) is 0 Å². The molecule has 0 heterocycles. The third-order valence-corrected chi connectivity index (χ3v) is 5.44. The zero-order chi connectivity index (χ0) is 21.3. The van der Waals surface area contributed by atoms with Crippen LogP contribution in [-0.2, 0) is 6.42 Å². The summed E-state index contributed by atoms with van der Waals surface area (Å²) >= 11 is 0. The van der Waals surface area contributed by atoms with E-state index >= 15 is 0 Å². The van der Waals surface area contributed by atoms with Crippen molar-refractivity contribution in [2.24, 2.45) is 0 Å². The lowest BCUT2D eigenvalue weighted by Gasteiger charge is -2.11. The summed E-state index contributed by atoms with van der Waals surface area (Å²) in [6.45, 7) is 4.94. The summed E-state index contributed by atoms with van der Waals surface area (Å²) in [6.07, 6.45) is 6.84. The van der Waals surface area contributed by atoms with Gasteiger partial charge in [-0.3, -0.25) is 0 Å². The number of hydrogen-bond acceptors (Lipinski definition) is 1. The summed E-state index contributed by atoms with van der Waals surface area (Å²) in [4.78, 5) is 0. The Balaban J connectivity index is 1.69. The monoisotopic (exact) mass is 408 g/mol. The highest BCUT2D eigenvalue weighted by molar-refractivity contribution is 5.72. The molecule has 158 valence electrons. The predicted molar refractivity (Wildman–Crippen MR) is 121 cm³/mol. The number of benzene rings is 3. The largest absolute Gasteiger partial charge is 0.494 e. The van der Waals surface area contributed by atoms with Gasteiger partial charge in [-0.2, -0.15) is 0 Å². The second-order valence-electron chi connectivity index (χ2n) is 7.63. The van der Waals surface area contributed by atoms with Crippen LogP contribution in [0.5, 0.6) is 5.75 Å². The van der Waals surface area contributed by atoms with Crippen molar-refractivity contribution >= 4 is 0 Å². The van der Waals surface area contributed by atoms with Crippen LogP contribution in [0, 0.1) is 11.6 Å². The molecule has 0 aromatic heterocycles. The van der Waals surface area contributed by atoms with Gasteiger partial charge in [0, 0.05) is 11.1 Å². The van der Waals surface area contributed by atoms with Crippen LogP contribution in [0.4, 0.5) is 8.78 Å². The molecule has 0 atom stereocenters. The molecule has 0 radical (unpaired) electrons. The maximum Gasteiger partial charge on any atom is 0.167 e. The molecule has 0 spiro atoms. The van der Waals surface area contributed by atoms with Crippen molar-refractivity contribution in [3.63, 3.8) is 0 Å². The lowest BCUT2D eigenvalue weighted by atomic mass is 9.98. The maximum absolute atomic E-state index is 14.8. The fourth-order valence-electron chi connectivity index (χ4n) is 3.54. The average molecular weight is 409 g/mol. The van der Waals surface area contributed by atoms with Crippen LogP contribution in [0.1, 0.15) is 51.5 Å². The molecule has 0 N–H and O–H groups in total. The molecule has 3 heteroatoms. The lowest BCUT2D eigenvalue weighted by molar-refractivity contribution is 0.304. The van der Waals surface area contributed by atoms with E-state index in [4.69, 9.17) is 4.74 Å². The topological polar surface area (TPSA) is 9.23 Å². The van der Waals surface area contributed by atoms with Crippen molar-refractivity contribution in [1.82, 2.24) is 0 Å². The Morgan fingerprint density at radius 1 is 0.633 bits per heavy atom. The van der Waals surface area contributed by atoms with Gasteiger partial charge >= 0.3 is 0 Å². The molecule has 0 saturated carbocycles. The highest BCUT2D eigenvalue weighted by Gasteiger charge is 2.16. The summed E-state index contributed by atoms with van der Waals surface area (Å²) in [6, 6.07) is 18.1. The number of unbranched alkanes of at least 4 members (excludes halogenated alkanes) is 4. The van der Waals surface area contributed by atoms with Gasteiger partial charge < -0.3 is 4.74 Å². The number of hydrogen-bond donors (Lipinski definition) is 0. The fraction of sp³-hybridized carbons (Fsp3) is 0.333. The molecule has 1 nitrogen and oxygen atoms in total. The second-order valence-corrected chi connectivity index (χ2v) is 7.63. The smallest absolute Gasteiger partial charge is 0.167 e. The van der Waals surface area contributed by atoms with E-state index in [9.17, 15) is 8.78 Å². The Morgan fingerprint density at radius 2 is 1.17 bits per heavy atom. The van der Waals surface area contributed by atoms with E-state index in [1.54, 1.807) is 24.3 Å². The molecule has 0 aliphatic heterocycles. The zero-order valence-electron chi connectivity index (χ0n) is 17.9. The molecule has 0 bridgehead atoms. The first-order chi connectivity index (χ1) is 14.6. The van der Waals surface area contributed by atoms with E-state index in [0.717, 1.165) is 18.6 Å². The Kier molecular flexibility index (Phi) is 8.01. The van der Waals surface area contributed by atoms with Crippen LogP contribution >= 0.6 is 0 Å². The lowest BCUT2D eigenvalue weighted by Crippen LogP contribution is -1.97. The Hall–Kier alpha value is -2.68. The summed E-state index contributed by atoms with van der Waals surface area (Å²) in [5.74, 6) is -0.886. The summed E-state index contributed by atoms with van der Waals surface area (Å²) in [7, 11) is 0. The first kappa shape index (κ1) is 22.0. The van der Waals surface area contributed by atoms with Crippen molar-refractivity contribution in [3.05, 3.63) is 77.9 Å². The van der Waals surface area contributed by atoms with Crippen molar-refractivity contribution in [3.8, 4) is 28.0 Å². The molecule has 0 unspecified atom stereocenters. The van der Waals surface area contributed by atoms with E-state index in [1.807, 2.05) is 36.4 Å². The predicted octanol–water partition coefficient (Wildman–Crippen LogP) is 8.21. The standard InChI is InChI=1S/C27H30F2O/c1-3-5-6-7-8-19-30-23-15-13-22(14-16-23)25-18-17-24(26(28)27(25)29)21-11-9-20(4-2)10-12-21/h9-18H,3-8,19H2,1-2H3. The average Bonchev–Trinajstić information content (AvgIpc) is 2.79. The van der Waals surface area contributed by atoms with Crippen molar-refractivity contribution in [1.29, 1.82) is 0 Å². The quantitative estimate of drug-likeness (QED) is 0.307. The van der Waals surface area contributed by atoms with Crippen LogP contribution in [0.25, 0.3) is 22.3 Å². The van der Waals surface area contributed by atoms with Crippen LogP contribution in [0.15, 0.2) is 60.7 Å². The number of rotatable bonds is 10. The number of halogens is 2. The molecule has 3 aromatic rings. The van der Waals surface area contributed by atoms with E-state index in [-0.39, 0.29) is 11.1 Å². The van der Waals surface area contributed by atoms with E-state index in [2.05, 4.69) is 13.8 Å². The highest BCUT2D eigenvalue weighted by atomic mass is 19.2. The van der Waals surface area contributed by atoms with Gasteiger partial charge in [0.25, 0.3) is 0 Å². The van der Waals surface area contributed by atoms with Gasteiger partial charge in [0.2, 0.25) is 0 Å². The van der Waals surface area contributed by atoms with Gasteiger partial charge in [0.05, 0.1) is 6.61 Å². The zero-order valence-corrected chi connectivity index (χ0v) is 17.9. The third kappa shape index (κ3) is 5.47. The van der Waals surface area contributed by atoms with Crippen LogP contribution in [0.2, 0.25) is 0 Å². The fourth-order valence-corrected chi connectivity index (χ4v) is 3.54. The Bertz CT molecular complexity index is 930. The SMILES string of the molecule is CCCCCCCOc1ccc(-c2ccc(-c3ccc(CC)cc3)c(F)c2F)cc1. The van der Waals surface area contributed by atoms with Gasteiger partial charge in [-0.15, -0.1) is 0 Å². The maximum atomic E-state index is 14.8. The molecule has 0 aliphatic rings. The molecule has 0 saturated heterocycles. The molecule has 30 heavy (non-hydrogen) atoms. The molecule has 3 aromatic carbocycles. The van der Waals surface area contributed by atoms with Gasteiger partial charge in [-0.05, 0) is 41.7 Å². The van der Waals surface area contributed by atoms with Crippen LogP contribution in [-0.4, -0.2) is 6.61 Å². The van der Waals surface area contributed by atoms with Gasteiger partial charge in [-0.1, -0.05) is 88.1 Å². The minimum absolute atomic E-state index is 0.257. The van der Waals surface area contributed by atoms with Crippen LogP contribution < -0.4 is 4.74 Å². The molecule has 0 fully saturated rings. The molecule has 3 rings (SSSR count). The number of aryl methyl sites for hydroxylation is 1. The molecule has 0 aliphatic carbocycles. The van der Waals surface area contributed by atoms with E-state index < -0.39 is 11.6 Å². The first-order valence-corrected chi connectivity index (χ1v) is 10.9. The Labute approximate surface area is 178 Å². The van der Waals surface area contributed by atoms with Gasteiger partial charge in [-0.25, -0.2) is 8.78 Å². The normalized spacial score (nSPS) is 10.9. The van der Waals surface area contributed by atoms with E-state index in [0.29, 0.717) is 17.7 Å². The second kappa shape index (κ2) is 10.9. The summed E-state index contributed by atoms with van der Waals surface area (Å²) in [5.41, 5.74) is 3.02. The minimum atomic E-state index is -0.823. The minimum Gasteiger partial charge on any atom is -0.494 e. The van der Waals surface area contributed by atoms with E-state index in [1.165, 1.54) is 31.2 Å². The van der Waals surface area contributed by atoms with Crippen molar-refractivity contribution in [2.75, 3.05) is 6.61 Å². The third-order valence-electron chi connectivity index (χ3n) is 5.44. The summed E-state index contributed by atoms with van der Waals surface area (Å²) < 4.78 is 35.4. The molecule has 0 amide bonds. The highest BCUT2D eigenvalue weighted by Crippen LogP contribution is 2.32. The molecular formula is C27H30F2O. The molecular weight excluding hydrogens is 378 g/mol. The number of ether oxygens (including phenoxy) is 1.